The molecule has 70 valence electrons. The van der Waals surface area contributed by atoms with Gasteiger partial charge in [0.1, 0.15) is 0 Å². The first-order valence-corrected chi connectivity index (χ1v) is 4.72. The molecule has 1 aliphatic rings. The minimum Gasteiger partial charge on any atom is -0.394 e. The second-order valence-corrected chi connectivity index (χ2v) is 3.77. The minimum absolute atomic E-state index is 0.177. The summed E-state index contributed by atoms with van der Waals surface area (Å²) in [6, 6.07) is 0. The monoisotopic (exact) mass is 169 g/mol. The molecular formula is C10H19NO. The van der Waals surface area contributed by atoms with E-state index in [9.17, 15) is 5.11 Å². The van der Waals surface area contributed by atoms with Gasteiger partial charge in [-0.2, -0.15) is 0 Å². The Kier molecular flexibility index (Phi) is 3.29. The third-order valence-corrected chi connectivity index (χ3v) is 2.84. The summed E-state index contributed by atoms with van der Waals surface area (Å²) in [6.07, 6.45) is 5.69. The van der Waals surface area contributed by atoms with Gasteiger partial charge in [0, 0.05) is 0 Å². The molecule has 0 aromatic carbocycles. The van der Waals surface area contributed by atoms with E-state index in [1.807, 2.05) is 13.0 Å². The van der Waals surface area contributed by atoms with Crippen molar-refractivity contribution in [2.45, 2.75) is 31.7 Å². The number of aliphatic hydroxyl groups is 1. The van der Waals surface area contributed by atoms with E-state index in [-0.39, 0.29) is 12.1 Å². The molecule has 0 bridgehead atoms. The Morgan fingerprint density at radius 1 is 1.42 bits per heavy atom. The van der Waals surface area contributed by atoms with Crippen LogP contribution in [-0.4, -0.2) is 35.2 Å². The molecule has 12 heavy (non-hydrogen) atoms. The van der Waals surface area contributed by atoms with Crippen molar-refractivity contribution >= 4 is 0 Å². The molecule has 1 heterocycles. The Morgan fingerprint density at radius 3 is 2.42 bits per heavy atom. The van der Waals surface area contributed by atoms with Gasteiger partial charge in [-0.15, -0.1) is 6.58 Å². The van der Waals surface area contributed by atoms with E-state index >= 15 is 0 Å². The second-order valence-electron chi connectivity index (χ2n) is 3.77. The van der Waals surface area contributed by atoms with E-state index in [1.165, 1.54) is 19.3 Å². The number of aliphatic hydroxyl groups excluding tert-OH is 1. The van der Waals surface area contributed by atoms with E-state index in [0.29, 0.717) is 0 Å². The van der Waals surface area contributed by atoms with Crippen molar-refractivity contribution in [1.29, 1.82) is 0 Å². The molecule has 0 aromatic rings. The van der Waals surface area contributed by atoms with Crippen molar-refractivity contribution in [3.8, 4) is 0 Å². The maximum atomic E-state index is 9.22. The molecule has 0 amide bonds. The first-order valence-electron chi connectivity index (χ1n) is 4.72. The average molecular weight is 169 g/mol. The summed E-state index contributed by atoms with van der Waals surface area (Å²) >= 11 is 0. The summed E-state index contributed by atoms with van der Waals surface area (Å²) in [7, 11) is 0. The van der Waals surface area contributed by atoms with Crippen LogP contribution in [0.5, 0.6) is 0 Å². The van der Waals surface area contributed by atoms with Crippen LogP contribution >= 0.6 is 0 Å². The number of hydrogen-bond acceptors (Lipinski definition) is 2. The maximum Gasteiger partial charge on any atom is 0.0648 e. The number of nitrogens with zero attached hydrogens (tertiary/aromatic N) is 1. The molecule has 0 radical (unpaired) electrons. The van der Waals surface area contributed by atoms with Crippen molar-refractivity contribution in [2.75, 3.05) is 19.7 Å². The van der Waals surface area contributed by atoms with Crippen LogP contribution in [0.25, 0.3) is 0 Å². The van der Waals surface area contributed by atoms with Crippen molar-refractivity contribution in [2.24, 2.45) is 0 Å². The van der Waals surface area contributed by atoms with Crippen molar-refractivity contribution in [1.82, 2.24) is 4.90 Å². The van der Waals surface area contributed by atoms with Gasteiger partial charge in [0.2, 0.25) is 0 Å². The van der Waals surface area contributed by atoms with Crippen molar-refractivity contribution < 1.29 is 5.11 Å². The Morgan fingerprint density at radius 2 is 2.00 bits per heavy atom. The fourth-order valence-electron chi connectivity index (χ4n) is 1.70. The van der Waals surface area contributed by atoms with Crippen LogP contribution < -0.4 is 0 Å². The number of likely N-dealkylation sites (tertiary alicyclic amines) is 1. The molecule has 0 saturated carbocycles. The molecule has 1 aliphatic heterocycles. The van der Waals surface area contributed by atoms with Crippen LogP contribution in [0.15, 0.2) is 12.7 Å². The van der Waals surface area contributed by atoms with Crippen LogP contribution in [0.4, 0.5) is 0 Å². The zero-order chi connectivity index (χ0) is 9.03. The van der Waals surface area contributed by atoms with Gasteiger partial charge in [0.15, 0.2) is 0 Å². The fraction of sp³-hybridized carbons (Fsp3) is 0.800. The molecular weight excluding hydrogens is 150 g/mol. The molecule has 1 rings (SSSR count). The first kappa shape index (κ1) is 9.75. The molecule has 1 saturated heterocycles. The van der Waals surface area contributed by atoms with Crippen LogP contribution in [0.3, 0.4) is 0 Å². The highest BCUT2D eigenvalue weighted by molar-refractivity contribution is 5.01. The maximum absolute atomic E-state index is 9.22. The lowest BCUT2D eigenvalue weighted by Crippen LogP contribution is -2.49. The lowest BCUT2D eigenvalue weighted by Gasteiger charge is -2.40. The largest absolute Gasteiger partial charge is 0.394 e. The van der Waals surface area contributed by atoms with E-state index in [0.717, 1.165) is 13.1 Å². The summed E-state index contributed by atoms with van der Waals surface area (Å²) in [5.74, 6) is 0. The van der Waals surface area contributed by atoms with Crippen LogP contribution in [0, 0.1) is 0 Å². The summed E-state index contributed by atoms with van der Waals surface area (Å²) in [5, 5.41) is 9.22. The van der Waals surface area contributed by atoms with E-state index in [1.54, 1.807) is 0 Å². The summed E-state index contributed by atoms with van der Waals surface area (Å²) in [4.78, 5) is 2.32. The van der Waals surface area contributed by atoms with Gasteiger partial charge in [0.05, 0.1) is 12.1 Å². The number of hydrogen-bond donors (Lipinski definition) is 1. The zero-order valence-electron chi connectivity index (χ0n) is 7.92. The summed E-state index contributed by atoms with van der Waals surface area (Å²) in [6.45, 7) is 8.20. The van der Waals surface area contributed by atoms with Crippen molar-refractivity contribution in [3.05, 3.63) is 12.7 Å². The van der Waals surface area contributed by atoms with Crippen LogP contribution in [0.1, 0.15) is 26.2 Å². The molecule has 0 aliphatic carbocycles. The Bertz CT molecular complexity index is 152. The topological polar surface area (TPSA) is 23.5 Å². The van der Waals surface area contributed by atoms with Gasteiger partial charge in [-0.1, -0.05) is 12.5 Å². The summed E-state index contributed by atoms with van der Waals surface area (Å²) in [5.41, 5.74) is -0.194. The number of rotatable bonds is 3. The average Bonchev–Trinajstić information content (AvgIpc) is 2.18. The molecule has 1 fully saturated rings. The van der Waals surface area contributed by atoms with E-state index in [2.05, 4.69) is 11.5 Å². The van der Waals surface area contributed by atoms with Gasteiger partial charge in [-0.05, 0) is 32.9 Å². The SMILES string of the molecule is C=CC(C)(CO)N1CCCCC1. The predicted octanol–water partition coefficient (Wildman–Crippen LogP) is 1.41. The molecule has 0 aromatic heterocycles. The minimum atomic E-state index is -0.194. The van der Waals surface area contributed by atoms with E-state index in [4.69, 9.17) is 0 Å². The molecule has 2 nitrogen and oxygen atoms in total. The Balaban J connectivity index is 2.57. The van der Waals surface area contributed by atoms with Crippen LogP contribution in [0.2, 0.25) is 0 Å². The lowest BCUT2D eigenvalue weighted by atomic mass is 9.97. The first-order chi connectivity index (χ1) is 5.73. The van der Waals surface area contributed by atoms with Gasteiger partial charge in [-0.25, -0.2) is 0 Å². The van der Waals surface area contributed by atoms with Crippen LogP contribution in [-0.2, 0) is 0 Å². The predicted molar refractivity (Wildman–Crippen MR) is 51.1 cm³/mol. The quantitative estimate of drug-likeness (QED) is 0.646. The molecule has 0 spiro atoms. The summed E-state index contributed by atoms with van der Waals surface area (Å²) < 4.78 is 0. The highest BCUT2D eigenvalue weighted by atomic mass is 16.3. The zero-order valence-corrected chi connectivity index (χ0v) is 7.92. The number of piperidine rings is 1. The third-order valence-electron chi connectivity index (χ3n) is 2.84. The molecule has 1 unspecified atom stereocenters. The van der Waals surface area contributed by atoms with Gasteiger partial charge in [0.25, 0.3) is 0 Å². The van der Waals surface area contributed by atoms with E-state index < -0.39 is 0 Å². The van der Waals surface area contributed by atoms with Gasteiger partial charge >= 0.3 is 0 Å². The molecule has 2 heteroatoms. The highest BCUT2D eigenvalue weighted by Gasteiger charge is 2.28. The highest BCUT2D eigenvalue weighted by Crippen LogP contribution is 2.21. The lowest BCUT2D eigenvalue weighted by molar-refractivity contribution is 0.0633. The normalized spacial score (nSPS) is 24.8. The third kappa shape index (κ3) is 1.87. The second kappa shape index (κ2) is 4.06. The molecule has 1 atom stereocenters. The Hall–Kier alpha value is -0.340. The fourth-order valence-corrected chi connectivity index (χ4v) is 1.70. The van der Waals surface area contributed by atoms with Gasteiger partial charge in [-0.3, -0.25) is 4.90 Å². The Labute approximate surface area is 74.9 Å². The molecule has 1 N–H and O–H groups in total. The smallest absolute Gasteiger partial charge is 0.0648 e. The van der Waals surface area contributed by atoms with Gasteiger partial charge < -0.3 is 5.11 Å². The standard InChI is InChI=1S/C10H19NO/c1-3-10(2,9-12)11-7-5-4-6-8-11/h3,12H,1,4-9H2,2H3. The van der Waals surface area contributed by atoms with Crippen molar-refractivity contribution in [3.63, 3.8) is 0 Å².